The average Bonchev–Trinajstić information content (AvgIpc) is 3.23. The van der Waals surface area contributed by atoms with Gasteiger partial charge in [0.25, 0.3) is 5.91 Å². The molecule has 2 aromatic rings. The smallest absolute Gasteiger partial charge is 0.276 e. The van der Waals surface area contributed by atoms with Crippen LogP contribution in [0.5, 0.6) is 0 Å². The lowest BCUT2D eigenvalue weighted by Gasteiger charge is -2.35. The maximum atomic E-state index is 12.5. The number of aromatic nitrogens is 3. The fourth-order valence-corrected chi connectivity index (χ4v) is 2.81. The lowest BCUT2D eigenvalue weighted by molar-refractivity contribution is 0.00541. The van der Waals surface area contributed by atoms with Crippen molar-refractivity contribution in [3.63, 3.8) is 0 Å². The van der Waals surface area contributed by atoms with Gasteiger partial charge in [-0.2, -0.15) is 0 Å². The topological polar surface area (TPSA) is 71.2 Å². The average molecular weight is 298 g/mol. The van der Waals surface area contributed by atoms with Gasteiger partial charge in [-0.05, 0) is 31.9 Å². The van der Waals surface area contributed by atoms with Crippen molar-refractivity contribution >= 4 is 5.91 Å². The molecule has 4 rings (SSSR count). The molecule has 2 heterocycles. The molecule has 0 atom stereocenters. The zero-order valence-corrected chi connectivity index (χ0v) is 12.4. The Hall–Kier alpha value is -2.21. The summed E-state index contributed by atoms with van der Waals surface area (Å²) in [5.41, 5.74) is 3.47. The molecule has 1 saturated heterocycles. The second kappa shape index (κ2) is 4.91. The van der Waals surface area contributed by atoms with Crippen LogP contribution in [0, 0.1) is 6.92 Å². The van der Waals surface area contributed by atoms with Gasteiger partial charge in [0.15, 0.2) is 5.69 Å². The number of benzene rings is 1. The SMILES string of the molecule is Cc1ccc(-n2nnc(C(=O)N3CC(O)C3)c2C2CC2)cc1. The van der Waals surface area contributed by atoms with Crippen LogP contribution < -0.4 is 0 Å². The van der Waals surface area contributed by atoms with Gasteiger partial charge in [-0.3, -0.25) is 4.79 Å². The van der Waals surface area contributed by atoms with E-state index in [4.69, 9.17) is 0 Å². The lowest BCUT2D eigenvalue weighted by atomic mass is 10.1. The zero-order chi connectivity index (χ0) is 15.3. The predicted molar refractivity (Wildman–Crippen MR) is 80.0 cm³/mol. The van der Waals surface area contributed by atoms with Crippen LogP contribution in [-0.4, -0.2) is 50.1 Å². The highest BCUT2D eigenvalue weighted by molar-refractivity contribution is 5.94. The van der Waals surface area contributed by atoms with Crippen molar-refractivity contribution in [1.82, 2.24) is 19.9 Å². The molecule has 1 aliphatic carbocycles. The molecule has 1 N–H and O–H groups in total. The fraction of sp³-hybridized carbons (Fsp3) is 0.438. The number of hydrogen-bond acceptors (Lipinski definition) is 4. The van der Waals surface area contributed by atoms with E-state index < -0.39 is 6.10 Å². The quantitative estimate of drug-likeness (QED) is 0.926. The van der Waals surface area contributed by atoms with Crippen molar-refractivity contribution in [3.8, 4) is 5.69 Å². The van der Waals surface area contributed by atoms with Crippen molar-refractivity contribution in [1.29, 1.82) is 0 Å². The molecular weight excluding hydrogens is 280 g/mol. The van der Waals surface area contributed by atoms with Crippen LogP contribution in [0.2, 0.25) is 0 Å². The molecule has 1 aromatic heterocycles. The largest absolute Gasteiger partial charge is 0.389 e. The maximum Gasteiger partial charge on any atom is 0.276 e. The molecule has 6 nitrogen and oxygen atoms in total. The summed E-state index contributed by atoms with van der Waals surface area (Å²) in [6, 6.07) is 8.05. The monoisotopic (exact) mass is 298 g/mol. The molecule has 2 fully saturated rings. The Kier molecular flexibility index (Phi) is 3.00. The summed E-state index contributed by atoms with van der Waals surface area (Å²) in [6.07, 6.45) is 1.74. The normalized spacial score (nSPS) is 18.4. The number of carbonyl (C=O) groups excluding carboxylic acids is 1. The summed E-state index contributed by atoms with van der Waals surface area (Å²) in [4.78, 5) is 14.1. The van der Waals surface area contributed by atoms with Gasteiger partial charge in [-0.15, -0.1) is 5.10 Å². The highest BCUT2D eigenvalue weighted by Gasteiger charge is 2.38. The molecule has 2 aliphatic rings. The number of rotatable bonds is 3. The molecule has 1 amide bonds. The van der Waals surface area contributed by atoms with Crippen molar-refractivity contribution in [2.45, 2.75) is 31.8 Å². The predicted octanol–water partition coefficient (Wildman–Crippen LogP) is 1.27. The molecule has 6 heteroatoms. The van der Waals surface area contributed by atoms with Crippen LogP contribution in [0.4, 0.5) is 0 Å². The Balaban J connectivity index is 1.71. The van der Waals surface area contributed by atoms with Gasteiger partial charge in [0.05, 0.1) is 17.5 Å². The van der Waals surface area contributed by atoms with E-state index in [9.17, 15) is 9.90 Å². The standard InChI is InChI=1S/C16H18N4O2/c1-10-2-6-12(7-3-10)20-15(11-4-5-11)14(17-18-20)16(22)19-8-13(21)9-19/h2-3,6-7,11,13,21H,4-5,8-9H2,1H3. The minimum atomic E-state index is -0.402. The van der Waals surface area contributed by atoms with E-state index in [0.29, 0.717) is 24.7 Å². The fourth-order valence-electron chi connectivity index (χ4n) is 2.81. The number of nitrogens with zero attached hydrogens (tertiary/aromatic N) is 4. The molecule has 1 aliphatic heterocycles. The van der Waals surface area contributed by atoms with E-state index in [1.807, 2.05) is 31.2 Å². The van der Waals surface area contributed by atoms with Gasteiger partial charge in [-0.1, -0.05) is 22.9 Å². The van der Waals surface area contributed by atoms with Crippen molar-refractivity contribution < 1.29 is 9.90 Å². The number of amides is 1. The lowest BCUT2D eigenvalue weighted by Crippen LogP contribution is -2.53. The zero-order valence-electron chi connectivity index (χ0n) is 12.4. The first-order valence-corrected chi connectivity index (χ1v) is 7.63. The van der Waals surface area contributed by atoms with Gasteiger partial charge in [0, 0.05) is 19.0 Å². The van der Waals surface area contributed by atoms with Gasteiger partial charge in [0.2, 0.25) is 0 Å². The third-order valence-corrected chi connectivity index (χ3v) is 4.30. The summed E-state index contributed by atoms with van der Waals surface area (Å²) in [5, 5.41) is 17.7. The van der Waals surface area contributed by atoms with Crippen LogP contribution >= 0.6 is 0 Å². The van der Waals surface area contributed by atoms with Gasteiger partial charge >= 0.3 is 0 Å². The van der Waals surface area contributed by atoms with Crippen LogP contribution in [-0.2, 0) is 0 Å². The van der Waals surface area contributed by atoms with Gasteiger partial charge in [-0.25, -0.2) is 4.68 Å². The van der Waals surface area contributed by atoms with Gasteiger partial charge < -0.3 is 10.0 Å². The first-order chi connectivity index (χ1) is 10.6. The van der Waals surface area contributed by atoms with E-state index in [1.54, 1.807) is 9.58 Å². The molecule has 22 heavy (non-hydrogen) atoms. The Morgan fingerprint density at radius 2 is 1.91 bits per heavy atom. The van der Waals surface area contributed by atoms with Crippen molar-refractivity contribution in [2.24, 2.45) is 0 Å². The summed E-state index contributed by atoms with van der Waals surface area (Å²) in [6.45, 7) is 2.82. The Morgan fingerprint density at radius 1 is 1.23 bits per heavy atom. The van der Waals surface area contributed by atoms with E-state index in [0.717, 1.165) is 24.2 Å². The van der Waals surface area contributed by atoms with E-state index in [2.05, 4.69) is 10.3 Å². The van der Waals surface area contributed by atoms with Crippen molar-refractivity contribution in [3.05, 3.63) is 41.2 Å². The van der Waals surface area contributed by atoms with Crippen LogP contribution in [0.3, 0.4) is 0 Å². The highest BCUT2D eigenvalue weighted by atomic mass is 16.3. The van der Waals surface area contributed by atoms with E-state index >= 15 is 0 Å². The van der Waals surface area contributed by atoms with Crippen LogP contribution in [0.1, 0.15) is 40.5 Å². The summed E-state index contributed by atoms with van der Waals surface area (Å²) >= 11 is 0. The Labute approximate surface area is 128 Å². The Morgan fingerprint density at radius 3 is 2.50 bits per heavy atom. The molecule has 0 radical (unpaired) electrons. The number of aliphatic hydroxyl groups is 1. The summed E-state index contributed by atoms with van der Waals surface area (Å²) in [5.74, 6) is 0.243. The second-order valence-corrected chi connectivity index (χ2v) is 6.21. The second-order valence-electron chi connectivity index (χ2n) is 6.21. The van der Waals surface area contributed by atoms with Crippen LogP contribution in [0.15, 0.2) is 24.3 Å². The number of β-amino-alcohol motifs (C(OH)–C–C–N with tert-alkyl or cyclic N) is 1. The first kappa shape index (κ1) is 13.5. The highest BCUT2D eigenvalue weighted by Crippen LogP contribution is 2.42. The minimum Gasteiger partial charge on any atom is -0.389 e. The molecule has 114 valence electrons. The number of carbonyl (C=O) groups is 1. The first-order valence-electron chi connectivity index (χ1n) is 7.63. The maximum absolute atomic E-state index is 12.5. The number of likely N-dealkylation sites (tertiary alicyclic amines) is 1. The van der Waals surface area contributed by atoms with Crippen molar-refractivity contribution in [2.75, 3.05) is 13.1 Å². The third kappa shape index (κ3) is 2.20. The van der Waals surface area contributed by atoms with E-state index in [-0.39, 0.29) is 5.91 Å². The minimum absolute atomic E-state index is 0.120. The molecule has 0 unspecified atom stereocenters. The molecule has 0 spiro atoms. The van der Waals surface area contributed by atoms with Gasteiger partial charge in [0.1, 0.15) is 0 Å². The molecule has 1 saturated carbocycles. The summed E-state index contributed by atoms with van der Waals surface area (Å²) in [7, 11) is 0. The third-order valence-electron chi connectivity index (χ3n) is 4.30. The molecule has 0 bridgehead atoms. The number of hydrogen-bond donors (Lipinski definition) is 1. The molecular formula is C16H18N4O2. The Bertz CT molecular complexity index is 712. The summed E-state index contributed by atoms with van der Waals surface area (Å²) < 4.78 is 1.79. The van der Waals surface area contributed by atoms with Crippen LogP contribution in [0.25, 0.3) is 5.69 Å². The number of aliphatic hydroxyl groups excluding tert-OH is 1. The number of aryl methyl sites for hydroxylation is 1. The van der Waals surface area contributed by atoms with E-state index in [1.165, 1.54) is 5.56 Å². The molecule has 1 aromatic carbocycles.